The van der Waals surface area contributed by atoms with E-state index in [9.17, 15) is 9.59 Å². The van der Waals surface area contributed by atoms with Gasteiger partial charge in [0.15, 0.2) is 0 Å². The van der Waals surface area contributed by atoms with Gasteiger partial charge in [-0.2, -0.15) is 0 Å². The molecule has 1 unspecified atom stereocenters. The Labute approximate surface area is 218 Å². The minimum Gasteiger partial charge on any atom is -0.380 e. The topological polar surface area (TPSA) is 70.2 Å². The van der Waals surface area contributed by atoms with E-state index < -0.39 is 10.9 Å². The molecule has 0 amide bonds. The number of nitrogens with one attached hydrogen (secondary N) is 3. The van der Waals surface area contributed by atoms with Crippen LogP contribution in [0, 0.1) is 0 Å². The number of allylic oxidation sites excluding steroid dienone is 11. The highest BCUT2D eigenvalue weighted by Crippen LogP contribution is 2.31. The van der Waals surface area contributed by atoms with Crippen molar-refractivity contribution in [3.8, 4) is 0 Å². The molecule has 1 aromatic rings. The molecule has 1 atom stereocenters. The molecule has 3 N–H and O–H groups in total. The van der Waals surface area contributed by atoms with E-state index in [1.807, 2.05) is 34.0 Å². The summed E-state index contributed by atoms with van der Waals surface area (Å²) in [6.07, 6.45) is 20.4. The van der Waals surface area contributed by atoms with Crippen LogP contribution in [0.1, 0.15) is 60.3 Å². The quantitative estimate of drug-likeness (QED) is 0.132. The summed E-state index contributed by atoms with van der Waals surface area (Å²) < 4.78 is 0. The fourth-order valence-electron chi connectivity index (χ4n) is 3.77. The lowest BCUT2D eigenvalue weighted by atomic mass is 9.99. The van der Waals surface area contributed by atoms with Gasteiger partial charge in [0.1, 0.15) is 11.4 Å². The van der Waals surface area contributed by atoms with Crippen LogP contribution in [-0.2, 0) is 0 Å². The molecule has 0 fully saturated rings. The van der Waals surface area contributed by atoms with Crippen molar-refractivity contribution in [3.63, 3.8) is 0 Å². The Morgan fingerprint density at radius 3 is 2.36 bits per heavy atom. The zero-order chi connectivity index (χ0) is 27.5. The molecule has 198 valence electrons. The standard InChI is InChI=1S/C27H36N2O2.C2H7N.C2H4/c1-6-12-19(3)14-10-8-9-11-17-28-24-25(27(31)26(24)30)29-21(5)18-22-16-15-20(4)23(22)13-7-2;1-3-2;1-2/h6-8,10,12-14,16,21,28-29H,9,11,15,17-18H2,1-5H3;3H,1-2H3;1-2H2/b10-8+,12-6-,13-7-,19-14-;;. The van der Waals surface area contributed by atoms with Crippen molar-refractivity contribution in [1.29, 1.82) is 0 Å². The van der Waals surface area contributed by atoms with Gasteiger partial charge in [0.05, 0.1) is 0 Å². The Balaban J connectivity index is 0.00000227. The summed E-state index contributed by atoms with van der Waals surface area (Å²) >= 11 is 0. The molecule has 1 aromatic carbocycles. The maximum atomic E-state index is 12.1. The predicted molar refractivity (Wildman–Crippen MR) is 161 cm³/mol. The highest BCUT2D eigenvalue weighted by Gasteiger charge is 2.23. The molecule has 1 aliphatic carbocycles. The summed E-state index contributed by atoms with van der Waals surface area (Å²) in [4.78, 5) is 24.1. The molecule has 0 spiro atoms. The van der Waals surface area contributed by atoms with Gasteiger partial charge in [-0.25, -0.2) is 0 Å². The van der Waals surface area contributed by atoms with Crippen LogP contribution in [0.15, 0.2) is 93.6 Å². The third kappa shape index (κ3) is 11.0. The van der Waals surface area contributed by atoms with Crippen LogP contribution < -0.4 is 26.8 Å². The first-order valence-electron chi connectivity index (χ1n) is 12.7. The molecule has 0 bridgehead atoms. The van der Waals surface area contributed by atoms with E-state index in [0.717, 1.165) is 25.7 Å². The Hall–Kier alpha value is -3.18. The fraction of sp³-hybridized carbons (Fsp3) is 0.419. The van der Waals surface area contributed by atoms with Crippen LogP contribution in [0.5, 0.6) is 0 Å². The summed E-state index contributed by atoms with van der Waals surface area (Å²) in [5.74, 6) is 0. The number of hydrogen-bond donors (Lipinski definition) is 3. The van der Waals surface area contributed by atoms with Gasteiger partial charge in [0, 0.05) is 12.6 Å². The number of unbranched alkanes of at least 4 members (excludes halogenated alkanes) is 1. The number of anilines is 2. The zero-order valence-corrected chi connectivity index (χ0v) is 23.5. The minimum atomic E-state index is -0.417. The molecule has 2 rings (SSSR count). The van der Waals surface area contributed by atoms with Crippen molar-refractivity contribution in [2.24, 2.45) is 0 Å². The van der Waals surface area contributed by atoms with Crippen molar-refractivity contribution in [2.75, 3.05) is 31.3 Å². The Morgan fingerprint density at radius 2 is 1.75 bits per heavy atom. The van der Waals surface area contributed by atoms with Crippen molar-refractivity contribution in [3.05, 3.63) is 105 Å². The normalized spacial score (nSPS) is 14.6. The molecule has 36 heavy (non-hydrogen) atoms. The fourth-order valence-corrected chi connectivity index (χ4v) is 3.77. The summed E-state index contributed by atoms with van der Waals surface area (Å²) in [7, 11) is 3.75. The summed E-state index contributed by atoms with van der Waals surface area (Å²) in [5.41, 5.74) is 5.22. The van der Waals surface area contributed by atoms with Gasteiger partial charge in [0.25, 0.3) is 10.9 Å². The van der Waals surface area contributed by atoms with Crippen LogP contribution in [0.4, 0.5) is 11.4 Å². The van der Waals surface area contributed by atoms with Gasteiger partial charge in [-0.3, -0.25) is 9.59 Å². The Kier molecular flexibility index (Phi) is 17.4. The third-order valence-corrected chi connectivity index (χ3v) is 5.40. The van der Waals surface area contributed by atoms with Gasteiger partial charge in [-0.05, 0) is 85.5 Å². The average Bonchev–Trinajstić information content (AvgIpc) is 3.20. The highest BCUT2D eigenvalue weighted by molar-refractivity contribution is 5.74. The first kappa shape index (κ1) is 32.8. The smallest absolute Gasteiger partial charge is 0.253 e. The van der Waals surface area contributed by atoms with E-state index in [1.54, 1.807) is 0 Å². The van der Waals surface area contributed by atoms with Crippen molar-refractivity contribution in [2.45, 2.75) is 66.3 Å². The second-order valence-corrected chi connectivity index (χ2v) is 8.69. The largest absolute Gasteiger partial charge is 0.380 e. The van der Waals surface area contributed by atoms with Crippen LogP contribution in [0.25, 0.3) is 0 Å². The molecule has 0 heterocycles. The van der Waals surface area contributed by atoms with Gasteiger partial charge in [0.2, 0.25) is 0 Å². The number of rotatable bonds is 12. The van der Waals surface area contributed by atoms with E-state index in [-0.39, 0.29) is 6.04 Å². The van der Waals surface area contributed by atoms with Crippen molar-refractivity contribution in [1.82, 2.24) is 5.32 Å². The molecule has 5 heteroatoms. The van der Waals surface area contributed by atoms with E-state index in [0.29, 0.717) is 17.9 Å². The molecule has 0 aliphatic heterocycles. The van der Waals surface area contributed by atoms with E-state index in [4.69, 9.17) is 0 Å². The lowest BCUT2D eigenvalue weighted by molar-refractivity contribution is 0.786. The molecule has 1 aliphatic rings. The summed E-state index contributed by atoms with van der Waals surface area (Å²) in [5, 5.41) is 9.17. The first-order chi connectivity index (χ1) is 17.3. The maximum Gasteiger partial charge on any atom is 0.253 e. The van der Waals surface area contributed by atoms with Crippen LogP contribution >= 0.6 is 0 Å². The molecule has 0 saturated heterocycles. The second-order valence-electron chi connectivity index (χ2n) is 8.69. The predicted octanol–water partition coefficient (Wildman–Crippen LogP) is 6.60. The van der Waals surface area contributed by atoms with Gasteiger partial charge >= 0.3 is 0 Å². The summed E-state index contributed by atoms with van der Waals surface area (Å²) in [6.45, 7) is 17.0. The summed E-state index contributed by atoms with van der Waals surface area (Å²) in [6, 6.07) is 0.0661. The SMILES string of the molecule is C/C=C\C1=C(C)CC=C1CC(C)Nc1c(NCCC/C=C/C=C(C)\C=C/C)c(=O)c1=O.C=C.CNC. The van der Waals surface area contributed by atoms with E-state index in [1.165, 1.54) is 22.3 Å². The zero-order valence-electron chi connectivity index (χ0n) is 23.5. The Morgan fingerprint density at radius 1 is 1.11 bits per heavy atom. The van der Waals surface area contributed by atoms with Gasteiger partial charge in [-0.1, -0.05) is 59.8 Å². The number of hydrogen-bond acceptors (Lipinski definition) is 5. The lowest BCUT2D eigenvalue weighted by Crippen LogP contribution is -2.39. The average molecular weight is 494 g/mol. The van der Waals surface area contributed by atoms with E-state index >= 15 is 0 Å². The van der Waals surface area contributed by atoms with Crippen molar-refractivity contribution < 1.29 is 0 Å². The van der Waals surface area contributed by atoms with E-state index in [2.05, 4.69) is 92.4 Å². The third-order valence-electron chi connectivity index (χ3n) is 5.40. The van der Waals surface area contributed by atoms with Crippen LogP contribution in [0.3, 0.4) is 0 Å². The molecule has 0 aromatic heterocycles. The minimum absolute atomic E-state index is 0.0661. The van der Waals surface area contributed by atoms with Crippen LogP contribution in [-0.4, -0.2) is 26.7 Å². The Bertz CT molecular complexity index is 1040. The van der Waals surface area contributed by atoms with Crippen LogP contribution in [0.2, 0.25) is 0 Å². The second kappa shape index (κ2) is 19.1. The lowest BCUT2D eigenvalue weighted by Gasteiger charge is -2.20. The van der Waals surface area contributed by atoms with Gasteiger partial charge in [-0.15, -0.1) is 13.2 Å². The van der Waals surface area contributed by atoms with Crippen molar-refractivity contribution >= 4 is 11.4 Å². The first-order valence-corrected chi connectivity index (χ1v) is 12.7. The highest BCUT2D eigenvalue weighted by atomic mass is 16.2. The molecule has 0 saturated carbocycles. The van der Waals surface area contributed by atoms with Gasteiger partial charge < -0.3 is 16.0 Å². The molecule has 5 nitrogen and oxygen atoms in total. The maximum absolute atomic E-state index is 12.1. The molecule has 0 radical (unpaired) electrons. The monoisotopic (exact) mass is 493 g/mol. The molecular formula is C31H47N3O2. The molecular weight excluding hydrogens is 446 g/mol.